The van der Waals surface area contributed by atoms with E-state index in [0.717, 1.165) is 17.8 Å². The quantitative estimate of drug-likeness (QED) is 0.665. The molecule has 0 bridgehead atoms. The Balaban J connectivity index is 1.52. The second-order valence-corrected chi connectivity index (χ2v) is 9.12. The lowest BCUT2D eigenvalue weighted by Gasteiger charge is -2.18. The molecule has 1 unspecified atom stereocenters. The molecule has 28 heavy (non-hydrogen) atoms. The van der Waals surface area contributed by atoms with Crippen molar-refractivity contribution in [3.63, 3.8) is 0 Å². The van der Waals surface area contributed by atoms with Gasteiger partial charge in [0.25, 0.3) is 0 Å². The molecule has 0 spiro atoms. The van der Waals surface area contributed by atoms with E-state index in [2.05, 4.69) is 48.1 Å². The van der Waals surface area contributed by atoms with E-state index in [1.54, 1.807) is 12.4 Å². The average Bonchev–Trinajstić information content (AvgIpc) is 3.12. The molecule has 1 saturated heterocycles. The number of benzene rings is 1. The molecule has 0 radical (unpaired) electrons. The molecule has 7 heteroatoms. The van der Waals surface area contributed by atoms with Gasteiger partial charge in [0.1, 0.15) is 6.10 Å². The lowest BCUT2D eigenvalue weighted by Crippen LogP contribution is -2.32. The Morgan fingerprint density at radius 3 is 2.71 bits per heavy atom. The topological polar surface area (TPSA) is 58.6 Å². The molecule has 1 aliphatic rings. The third kappa shape index (κ3) is 5.61. The highest BCUT2D eigenvalue weighted by molar-refractivity contribution is 7.99. The first-order valence-electron chi connectivity index (χ1n) is 9.60. The van der Waals surface area contributed by atoms with Gasteiger partial charge >= 0.3 is 0 Å². The Morgan fingerprint density at radius 1 is 1.29 bits per heavy atom. The summed E-state index contributed by atoms with van der Waals surface area (Å²) in [5.74, 6) is 1.40. The van der Waals surface area contributed by atoms with Crippen molar-refractivity contribution in [2.75, 3.05) is 32.1 Å². The monoisotopic (exact) mass is 400 g/mol. The van der Waals surface area contributed by atoms with Crippen molar-refractivity contribution in [1.29, 1.82) is 0 Å². The molecular weight excluding hydrogens is 372 g/mol. The Morgan fingerprint density at radius 2 is 2.04 bits per heavy atom. The number of carbonyl (C=O) groups excluding carboxylic acids is 1. The number of thioether (sulfide) groups is 1. The zero-order valence-electron chi connectivity index (χ0n) is 17.0. The molecule has 0 saturated carbocycles. The molecule has 3 rings (SSSR count). The summed E-state index contributed by atoms with van der Waals surface area (Å²) in [6.07, 6.45) is 4.51. The van der Waals surface area contributed by atoms with Crippen LogP contribution in [0.3, 0.4) is 0 Å². The molecule has 1 fully saturated rings. The van der Waals surface area contributed by atoms with Crippen LogP contribution in [0.25, 0.3) is 0 Å². The molecule has 1 atom stereocenters. The Labute approximate surface area is 171 Å². The van der Waals surface area contributed by atoms with Gasteiger partial charge in [0.2, 0.25) is 11.8 Å². The molecule has 0 aliphatic carbocycles. The van der Waals surface area contributed by atoms with Crippen LogP contribution in [0.15, 0.2) is 41.6 Å². The van der Waals surface area contributed by atoms with Crippen molar-refractivity contribution in [1.82, 2.24) is 14.9 Å². The number of aromatic nitrogens is 2. The fourth-order valence-corrected chi connectivity index (χ4v) is 3.91. The van der Waals surface area contributed by atoms with Crippen LogP contribution in [-0.2, 0) is 11.2 Å². The summed E-state index contributed by atoms with van der Waals surface area (Å²) in [7, 11) is 3.83. The molecular formula is C21H28N4O2S. The largest absolute Gasteiger partial charge is 0.471 e. The van der Waals surface area contributed by atoms with E-state index < -0.39 is 0 Å². The molecule has 1 aromatic carbocycles. The fraction of sp³-hybridized carbons (Fsp3) is 0.476. The number of carbonyl (C=O) groups is 1. The van der Waals surface area contributed by atoms with Crippen LogP contribution in [0.4, 0.5) is 5.82 Å². The predicted molar refractivity (Wildman–Crippen MR) is 113 cm³/mol. The van der Waals surface area contributed by atoms with E-state index >= 15 is 0 Å². The van der Waals surface area contributed by atoms with E-state index in [9.17, 15) is 4.79 Å². The van der Waals surface area contributed by atoms with Gasteiger partial charge in [-0.3, -0.25) is 9.78 Å². The fourth-order valence-electron chi connectivity index (χ4n) is 3.08. The smallest absolute Gasteiger partial charge is 0.234 e. The number of amides is 1. The first kappa shape index (κ1) is 20.5. The van der Waals surface area contributed by atoms with Crippen molar-refractivity contribution in [3.8, 4) is 5.88 Å². The van der Waals surface area contributed by atoms with Gasteiger partial charge in [0.15, 0.2) is 5.82 Å². The summed E-state index contributed by atoms with van der Waals surface area (Å²) in [5.41, 5.74) is 1.05. The predicted octanol–water partition coefficient (Wildman–Crippen LogP) is 3.27. The normalized spacial score (nSPS) is 16.5. The lowest BCUT2D eigenvalue weighted by atomic mass is 10.1. The van der Waals surface area contributed by atoms with Crippen LogP contribution in [0.2, 0.25) is 0 Å². The highest BCUT2D eigenvalue weighted by Gasteiger charge is 2.28. The Kier molecular flexibility index (Phi) is 6.78. The second-order valence-electron chi connectivity index (χ2n) is 7.47. The van der Waals surface area contributed by atoms with Crippen LogP contribution in [0.5, 0.6) is 5.88 Å². The summed E-state index contributed by atoms with van der Waals surface area (Å²) in [6.45, 7) is 5.66. The van der Waals surface area contributed by atoms with Crippen molar-refractivity contribution < 1.29 is 9.53 Å². The molecule has 2 aromatic rings. The van der Waals surface area contributed by atoms with Crippen molar-refractivity contribution >= 4 is 23.5 Å². The zero-order valence-corrected chi connectivity index (χ0v) is 17.8. The molecule has 1 aromatic heterocycles. The van der Waals surface area contributed by atoms with Gasteiger partial charge in [-0.05, 0) is 17.7 Å². The van der Waals surface area contributed by atoms with Crippen molar-refractivity contribution in [2.24, 2.45) is 0 Å². The summed E-state index contributed by atoms with van der Waals surface area (Å²) in [4.78, 5) is 26.3. The second kappa shape index (κ2) is 9.28. The maximum Gasteiger partial charge on any atom is 0.234 e. The minimum absolute atomic E-state index is 0.0412. The maximum absolute atomic E-state index is 12.6. The molecule has 150 valence electrons. The molecule has 6 nitrogen and oxygen atoms in total. The van der Waals surface area contributed by atoms with Gasteiger partial charge in [-0.2, -0.15) is 4.98 Å². The van der Waals surface area contributed by atoms with E-state index in [1.165, 1.54) is 4.90 Å². The molecule has 0 N–H and O–H groups in total. The van der Waals surface area contributed by atoms with Gasteiger partial charge in [-0.1, -0.05) is 26.0 Å². The number of hydrogen-bond donors (Lipinski definition) is 0. The Hall–Kier alpha value is -2.28. The highest BCUT2D eigenvalue weighted by Crippen LogP contribution is 2.23. The van der Waals surface area contributed by atoms with E-state index in [1.807, 2.05) is 35.7 Å². The molecule has 1 amide bonds. The summed E-state index contributed by atoms with van der Waals surface area (Å²) in [6, 6.07) is 8.29. The van der Waals surface area contributed by atoms with E-state index in [4.69, 9.17) is 4.74 Å². The standard InChI is InChI=1S/C21H28N4O2S/c1-15(2)28-18-7-5-16(6-8-18)11-21(26)25-10-9-17(14-25)27-20-13-22-12-19(23-20)24(3)4/h5-8,12-13,15,17H,9-11,14H2,1-4H3. The SMILES string of the molecule is CC(C)Sc1ccc(CC(=O)N2CCC(Oc3cncc(N(C)C)n3)C2)cc1. The minimum Gasteiger partial charge on any atom is -0.471 e. The number of anilines is 1. The van der Waals surface area contributed by atoms with Gasteiger partial charge in [-0.25, -0.2) is 0 Å². The van der Waals surface area contributed by atoms with Crippen LogP contribution < -0.4 is 9.64 Å². The first-order chi connectivity index (χ1) is 13.4. The molecule has 1 aliphatic heterocycles. The van der Waals surface area contributed by atoms with Gasteiger partial charge in [0.05, 0.1) is 25.4 Å². The van der Waals surface area contributed by atoms with Crippen molar-refractivity contribution in [2.45, 2.75) is 42.9 Å². The number of likely N-dealkylation sites (tertiary alicyclic amines) is 1. The summed E-state index contributed by atoms with van der Waals surface area (Å²) < 4.78 is 5.95. The van der Waals surface area contributed by atoms with Crippen LogP contribution >= 0.6 is 11.8 Å². The number of rotatable bonds is 7. The highest BCUT2D eigenvalue weighted by atomic mass is 32.2. The first-order valence-corrected chi connectivity index (χ1v) is 10.5. The third-order valence-electron chi connectivity index (χ3n) is 4.49. The lowest BCUT2D eigenvalue weighted by molar-refractivity contribution is -0.129. The summed E-state index contributed by atoms with van der Waals surface area (Å²) in [5, 5.41) is 0.553. The van der Waals surface area contributed by atoms with Crippen LogP contribution in [-0.4, -0.2) is 59.3 Å². The van der Waals surface area contributed by atoms with Crippen LogP contribution in [0.1, 0.15) is 25.8 Å². The van der Waals surface area contributed by atoms with Crippen LogP contribution in [0, 0.1) is 0 Å². The average molecular weight is 401 g/mol. The maximum atomic E-state index is 12.6. The summed E-state index contributed by atoms with van der Waals surface area (Å²) >= 11 is 1.83. The third-order valence-corrected chi connectivity index (χ3v) is 5.51. The van der Waals surface area contributed by atoms with Gasteiger partial charge in [-0.15, -0.1) is 11.8 Å². The Bertz CT molecular complexity index is 795. The van der Waals surface area contributed by atoms with E-state index in [0.29, 0.717) is 30.6 Å². The number of ether oxygens (including phenoxy) is 1. The molecule has 2 heterocycles. The van der Waals surface area contributed by atoms with Crippen molar-refractivity contribution in [3.05, 3.63) is 42.2 Å². The number of hydrogen-bond acceptors (Lipinski definition) is 6. The van der Waals surface area contributed by atoms with Gasteiger partial charge < -0.3 is 14.5 Å². The van der Waals surface area contributed by atoms with Gasteiger partial charge in [0, 0.05) is 37.2 Å². The minimum atomic E-state index is -0.0412. The van der Waals surface area contributed by atoms with E-state index in [-0.39, 0.29) is 12.0 Å². The number of nitrogens with zero attached hydrogens (tertiary/aromatic N) is 4. The zero-order chi connectivity index (χ0) is 20.1.